The van der Waals surface area contributed by atoms with Crippen molar-refractivity contribution in [1.82, 2.24) is 10.2 Å². The number of aromatic hydroxyl groups is 3. The number of benzene rings is 1. The highest BCUT2D eigenvalue weighted by Gasteiger charge is 2.12. The minimum atomic E-state index is -0.617. The van der Waals surface area contributed by atoms with Crippen LogP contribution in [0.2, 0.25) is 0 Å². The molecule has 1 heterocycles. The second-order valence-electron chi connectivity index (χ2n) is 4.70. The highest BCUT2D eigenvalue weighted by atomic mass is 16.5. The summed E-state index contributed by atoms with van der Waals surface area (Å²) in [6, 6.07) is 1.85. The van der Waals surface area contributed by atoms with Gasteiger partial charge in [-0.3, -0.25) is 4.90 Å². The van der Waals surface area contributed by atoms with Crippen molar-refractivity contribution in [1.29, 1.82) is 0 Å². The molecule has 21 heavy (non-hydrogen) atoms. The van der Waals surface area contributed by atoms with Crippen molar-refractivity contribution >= 4 is 11.7 Å². The zero-order valence-corrected chi connectivity index (χ0v) is 11.5. The highest BCUT2D eigenvalue weighted by Crippen LogP contribution is 2.37. The fraction of sp³-hybridized carbons (Fsp3) is 0.462. The van der Waals surface area contributed by atoms with Gasteiger partial charge in [-0.15, -0.1) is 0 Å². The molecule has 2 amide bonds. The summed E-state index contributed by atoms with van der Waals surface area (Å²) in [6.45, 7) is 4.31. The topological polar surface area (TPSA) is 114 Å². The van der Waals surface area contributed by atoms with E-state index in [-0.39, 0.29) is 5.69 Å². The number of phenols is 3. The van der Waals surface area contributed by atoms with Gasteiger partial charge in [0.05, 0.1) is 18.9 Å². The average molecular weight is 297 g/mol. The van der Waals surface area contributed by atoms with Crippen LogP contribution in [0.5, 0.6) is 17.2 Å². The Balaban J connectivity index is 1.76. The Hall–Kier alpha value is -2.19. The van der Waals surface area contributed by atoms with Gasteiger partial charge in [0.2, 0.25) is 0 Å². The zero-order valence-electron chi connectivity index (χ0n) is 11.5. The van der Waals surface area contributed by atoms with Crippen molar-refractivity contribution in [2.24, 2.45) is 0 Å². The molecule has 0 aromatic heterocycles. The highest BCUT2D eigenvalue weighted by molar-refractivity contribution is 5.90. The van der Waals surface area contributed by atoms with Gasteiger partial charge in [0.25, 0.3) is 0 Å². The standard InChI is InChI=1S/C13H19N3O5/c17-10-7-9(8-11(18)12(10)19)15-13(20)14-1-2-16-3-5-21-6-4-16/h7-8,17-19H,1-6H2,(H2,14,15,20). The number of urea groups is 1. The third-order valence-corrected chi connectivity index (χ3v) is 3.14. The third-order valence-electron chi connectivity index (χ3n) is 3.14. The summed E-state index contributed by atoms with van der Waals surface area (Å²) in [5.41, 5.74) is 0.187. The Morgan fingerprint density at radius 1 is 1.19 bits per heavy atom. The van der Waals surface area contributed by atoms with Crippen LogP contribution in [0.3, 0.4) is 0 Å². The largest absolute Gasteiger partial charge is 0.504 e. The number of morpholine rings is 1. The quantitative estimate of drug-likeness (QED) is 0.402. The molecule has 0 bridgehead atoms. The minimum absolute atomic E-state index is 0.187. The number of amides is 2. The number of nitrogens with one attached hydrogen (secondary N) is 2. The van der Waals surface area contributed by atoms with Crippen LogP contribution in [0, 0.1) is 0 Å². The normalized spacial score (nSPS) is 15.6. The lowest BCUT2D eigenvalue weighted by Crippen LogP contribution is -2.42. The fourth-order valence-corrected chi connectivity index (χ4v) is 2.00. The molecule has 1 aromatic carbocycles. The first-order valence-corrected chi connectivity index (χ1v) is 6.66. The van der Waals surface area contributed by atoms with E-state index in [1.165, 1.54) is 0 Å². The van der Waals surface area contributed by atoms with Gasteiger partial charge in [-0.1, -0.05) is 0 Å². The molecule has 1 aliphatic heterocycles. The summed E-state index contributed by atoms with van der Waals surface area (Å²) < 4.78 is 5.23. The van der Waals surface area contributed by atoms with E-state index in [1.807, 2.05) is 0 Å². The van der Waals surface area contributed by atoms with Crippen LogP contribution in [-0.2, 0) is 4.74 Å². The molecule has 0 saturated carbocycles. The number of phenolic OH excluding ortho intramolecular Hbond substituents is 3. The van der Waals surface area contributed by atoms with Gasteiger partial charge in [0.1, 0.15) is 0 Å². The first-order valence-electron chi connectivity index (χ1n) is 6.66. The van der Waals surface area contributed by atoms with Gasteiger partial charge in [-0.25, -0.2) is 4.79 Å². The SMILES string of the molecule is O=C(NCCN1CCOCC1)Nc1cc(O)c(O)c(O)c1. The molecule has 0 atom stereocenters. The summed E-state index contributed by atoms with van der Waals surface area (Å²) in [5.74, 6) is -1.62. The van der Waals surface area contributed by atoms with E-state index in [1.54, 1.807) is 0 Å². The summed E-state index contributed by atoms with van der Waals surface area (Å²) in [5, 5.41) is 33.0. The first kappa shape index (κ1) is 15.2. The van der Waals surface area contributed by atoms with Gasteiger partial charge >= 0.3 is 6.03 Å². The lowest BCUT2D eigenvalue weighted by atomic mass is 10.2. The van der Waals surface area contributed by atoms with Crippen molar-refractivity contribution < 1.29 is 24.9 Å². The number of hydrogen-bond acceptors (Lipinski definition) is 6. The van der Waals surface area contributed by atoms with Gasteiger partial charge < -0.3 is 30.7 Å². The maximum Gasteiger partial charge on any atom is 0.319 e. The zero-order chi connectivity index (χ0) is 15.2. The molecule has 116 valence electrons. The van der Waals surface area contributed by atoms with E-state index in [2.05, 4.69) is 15.5 Å². The average Bonchev–Trinajstić information content (AvgIpc) is 2.46. The number of ether oxygens (including phenoxy) is 1. The van der Waals surface area contributed by atoms with E-state index in [9.17, 15) is 20.1 Å². The fourth-order valence-electron chi connectivity index (χ4n) is 2.00. The number of nitrogens with zero attached hydrogens (tertiary/aromatic N) is 1. The molecule has 0 unspecified atom stereocenters. The maximum absolute atomic E-state index is 11.7. The summed E-state index contributed by atoms with van der Waals surface area (Å²) in [7, 11) is 0. The molecule has 0 radical (unpaired) electrons. The Kier molecular flexibility index (Phi) is 5.07. The second-order valence-corrected chi connectivity index (χ2v) is 4.70. The summed E-state index contributed by atoms with van der Waals surface area (Å²) in [4.78, 5) is 13.9. The molecule has 5 N–H and O–H groups in total. The van der Waals surface area contributed by atoms with E-state index in [4.69, 9.17) is 4.74 Å². The van der Waals surface area contributed by atoms with Crippen molar-refractivity contribution in [2.75, 3.05) is 44.7 Å². The summed E-state index contributed by atoms with van der Waals surface area (Å²) in [6.07, 6.45) is 0. The van der Waals surface area contributed by atoms with Crippen LogP contribution >= 0.6 is 0 Å². The van der Waals surface area contributed by atoms with E-state index in [0.717, 1.165) is 31.8 Å². The predicted molar refractivity (Wildman–Crippen MR) is 75.7 cm³/mol. The van der Waals surface area contributed by atoms with Crippen molar-refractivity contribution in [3.63, 3.8) is 0 Å². The van der Waals surface area contributed by atoms with Gasteiger partial charge in [0.15, 0.2) is 17.2 Å². The molecule has 1 fully saturated rings. The Bertz CT molecular complexity index is 480. The number of carbonyl (C=O) groups excluding carboxylic acids is 1. The van der Waals surface area contributed by atoms with E-state index < -0.39 is 23.3 Å². The molecule has 1 aromatic rings. The molecule has 2 rings (SSSR count). The second kappa shape index (κ2) is 7.00. The lowest BCUT2D eigenvalue weighted by molar-refractivity contribution is 0.0388. The molecular weight excluding hydrogens is 278 g/mol. The molecule has 1 aliphatic rings. The smallest absolute Gasteiger partial charge is 0.319 e. The van der Waals surface area contributed by atoms with Crippen molar-refractivity contribution in [2.45, 2.75) is 0 Å². The van der Waals surface area contributed by atoms with Crippen LogP contribution in [0.15, 0.2) is 12.1 Å². The molecule has 8 nitrogen and oxygen atoms in total. The molecule has 0 spiro atoms. The van der Waals surface area contributed by atoms with Gasteiger partial charge in [-0.2, -0.15) is 0 Å². The van der Waals surface area contributed by atoms with Crippen LogP contribution in [0.25, 0.3) is 0 Å². The number of anilines is 1. The van der Waals surface area contributed by atoms with E-state index >= 15 is 0 Å². The number of carbonyl (C=O) groups is 1. The number of rotatable bonds is 4. The van der Waals surface area contributed by atoms with Crippen LogP contribution in [0.1, 0.15) is 0 Å². The maximum atomic E-state index is 11.7. The van der Waals surface area contributed by atoms with E-state index in [0.29, 0.717) is 19.8 Å². The third kappa shape index (κ3) is 4.40. The van der Waals surface area contributed by atoms with Crippen LogP contribution in [-0.4, -0.2) is 65.6 Å². The minimum Gasteiger partial charge on any atom is -0.504 e. The van der Waals surface area contributed by atoms with Crippen LogP contribution in [0.4, 0.5) is 10.5 Å². The monoisotopic (exact) mass is 297 g/mol. The molecule has 0 aliphatic carbocycles. The van der Waals surface area contributed by atoms with Crippen LogP contribution < -0.4 is 10.6 Å². The van der Waals surface area contributed by atoms with Gasteiger partial charge in [0, 0.05) is 38.3 Å². The Morgan fingerprint density at radius 3 is 2.43 bits per heavy atom. The van der Waals surface area contributed by atoms with Gasteiger partial charge in [-0.05, 0) is 0 Å². The number of hydrogen-bond donors (Lipinski definition) is 5. The molecule has 8 heteroatoms. The Labute approximate surface area is 121 Å². The Morgan fingerprint density at radius 2 is 1.81 bits per heavy atom. The predicted octanol–water partition coefficient (Wildman–Crippen LogP) is 0.257. The first-order chi connectivity index (χ1) is 10.1. The van der Waals surface area contributed by atoms with Crippen molar-refractivity contribution in [3.05, 3.63) is 12.1 Å². The lowest BCUT2D eigenvalue weighted by Gasteiger charge is -2.26. The van der Waals surface area contributed by atoms with Crippen molar-refractivity contribution in [3.8, 4) is 17.2 Å². The molecule has 1 saturated heterocycles. The molecular formula is C13H19N3O5. The summed E-state index contributed by atoms with van der Waals surface area (Å²) >= 11 is 0.